The van der Waals surface area contributed by atoms with Crippen molar-refractivity contribution in [3.8, 4) is 0 Å². The molecule has 0 aliphatic rings. The van der Waals surface area contributed by atoms with Gasteiger partial charge in [-0.15, -0.1) is 0 Å². The number of aryl methyl sites for hydroxylation is 3. The van der Waals surface area contributed by atoms with Gasteiger partial charge in [-0.1, -0.05) is 50.2 Å². The van der Waals surface area contributed by atoms with E-state index in [0.29, 0.717) is 12.1 Å². The first-order valence-electron chi connectivity index (χ1n) is 9.59. The second kappa shape index (κ2) is 9.24. The van der Waals surface area contributed by atoms with E-state index >= 15 is 0 Å². The SMILES string of the molecule is CCc1ccccc1N(CC(=O)NC(CC)c1ccc(C)c(C)c1)S(C)(=O)=O. The van der Waals surface area contributed by atoms with Gasteiger partial charge in [-0.2, -0.15) is 0 Å². The normalized spacial score (nSPS) is 12.5. The molecule has 2 aromatic rings. The van der Waals surface area contributed by atoms with E-state index in [9.17, 15) is 13.2 Å². The van der Waals surface area contributed by atoms with Gasteiger partial charge >= 0.3 is 0 Å². The van der Waals surface area contributed by atoms with E-state index in [1.165, 1.54) is 15.4 Å². The molecule has 1 unspecified atom stereocenters. The Morgan fingerprint density at radius 2 is 1.75 bits per heavy atom. The van der Waals surface area contributed by atoms with Gasteiger partial charge < -0.3 is 5.32 Å². The van der Waals surface area contributed by atoms with Crippen molar-refractivity contribution < 1.29 is 13.2 Å². The Morgan fingerprint density at radius 1 is 1.07 bits per heavy atom. The zero-order chi connectivity index (χ0) is 20.9. The van der Waals surface area contributed by atoms with Crippen molar-refractivity contribution >= 4 is 21.6 Å². The lowest BCUT2D eigenvalue weighted by Gasteiger charge is -2.26. The molecular formula is C22H30N2O3S. The maximum atomic E-state index is 12.8. The van der Waals surface area contributed by atoms with Crippen molar-refractivity contribution in [2.24, 2.45) is 0 Å². The van der Waals surface area contributed by atoms with Crippen molar-refractivity contribution in [2.75, 3.05) is 17.1 Å². The van der Waals surface area contributed by atoms with Gasteiger partial charge in [-0.3, -0.25) is 9.10 Å². The molecular weight excluding hydrogens is 372 g/mol. The molecule has 0 aromatic heterocycles. The topological polar surface area (TPSA) is 66.5 Å². The first-order valence-corrected chi connectivity index (χ1v) is 11.4. The standard InChI is InChI=1S/C22H30N2O3S/c1-6-18-10-8-9-11-21(18)24(28(5,26)27)15-22(25)23-20(7-2)19-13-12-16(3)17(4)14-19/h8-14,20H,6-7,15H2,1-5H3,(H,23,25). The highest BCUT2D eigenvalue weighted by molar-refractivity contribution is 7.92. The number of anilines is 1. The molecule has 0 spiro atoms. The lowest BCUT2D eigenvalue weighted by atomic mass is 9.99. The van der Waals surface area contributed by atoms with Crippen LogP contribution in [0.5, 0.6) is 0 Å². The quantitative estimate of drug-likeness (QED) is 0.728. The first kappa shape index (κ1) is 22.0. The molecule has 5 nitrogen and oxygen atoms in total. The van der Waals surface area contributed by atoms with E-state index in [4.69, 9.17) is 0 Å². The Balaban J connectivity index is 2.24. The fraction of sp³-hybridized carbons (Fsp3) is 0.409. The Morgan fingerprint density at radius 3 is 2.32 bits per heavy atom. The monoisotopic (exact) mass is 402 g/mol. The molecule has 0 aliphatic carbocycles. The van der Waals surface area contributed by atoms with Gasteiger partial charge in [0.25, 0.3) is 0 Å². The molecule has 1 atom stereocenters. The highest BCUT2D eigenvalue weighted by Crippen LogP contribution is 2.24. The number of amides is 1. The van der Waals surface area contributed by atoms with Crippen LogP contribution in [0.3, 0.4) is 0 Å². The molecule has 0 fully saturated rings. The molecule has 6 heteroatoms. The van der Waals surface area contributed by atoms with Crippen molar-refractivity contribution in [3.63, 3.8) is 0 Å². The number of carbonyl (C=O) groups is 1. The number of benzene rings is 2. The number of carbonyl (C=O) groups excluding carboxylic acids is 1. The Bertz CT molecular complexity index is 939. The summed E-state index contributed by atoms with van der Waals surface area (Å²) >= 11 is 0. The van der Waals surface area contributed by atoms with Crippen molar-refractivity contribution in [2.45, 2.75) is 46.6 Å². The van der Waals surface area contributed by atoms with Gasteiger partial charge in [0.15, 0.2) is 0 Å². The van der Waals surface area contributed by atoms with E-state index in [1.807, 2.05) is 52.0 Å². The zero-order valence-corrected chi connectivity index (χ0v) is 18.1. The minimum absolute atomic E-state index is 0.158. The summed E-state index contributed by atoms with van der Waals surface area (Å²) in [5.41, 5.74) is 4.84. The Labute approximate surface area is 168 Å². The minimum Gasteiger partial charge on any atom is -0.348 e. The molecule has 0 saturated carbocycles. The lowest BCUT2D eigenvalue weighted by molar-refractivity contribution is -0.120. The molecule has 28 heavy (non-hydrogen) atoms. The van der Waals surface area contributed by atoms with Crippen LogP contribution in [0, 0.1) is 13.8 Å². The smallest absolute Gasteiger partial charge is 0.241 e. The summed E-state index contributed by atoms with van der Waals surface area (Å²) in [7, 11) is -3.59. The maximum Gasteiger partial charge on any atom is 0.241 e. The maximum absolute atomic E-state index is 12.8. The fourth-order valence-electron chi connectivity index (χ4n) is 3.21. The molecule has 2 aromatic carbocycles. The molecule has 0 saturated heterocycles. The molecule has 1 amide bonds. The average molecular weight is 403 g/mol. The van der Waals surface area contributed by atoms with Crippen molar-refractivity contribution in [1.29, 1.82) is 0 Å². The van der Waals surface area contributed by atoms with Crippen LogP contribution in [0.1, 0.15) is 48.6 Å². The first-order chi connectivity index (χ1) is 13.2. The summed E-state index contributed by atoms with van der Waals surface area (Å²) in [5.74, 6) is -0.318. The number of nitrogens with zero attached hydrogens (tertiary/aromatic N) is 1. The third kappa shape index (κ3) is 5.35. The van der Waals surface area contributed by atoms with Crippen molar-refractivity contribution in [3.05, 3.63) is 64.7 Å². The average Bonchev–Trinajstić information content (AvgIpc) is 2.65. The Kier molecular flexibility index (Phi) is 7.24. The van der Waals surface area contributed by atoms with Gasteiger partial charge in [0, 0.05) is 0 Å². The van der Waals surface area contributed by atoms with E-state index in [0.717, 1.165) is 23.8 Å². The van der Waals surface area contributed by atoms with E-state index in [1.54, 1.807) is 12.1 Å². The van der Waals surface area contributed by atoms with Gasteiger partial charge in [-0.25, -0.2) is 8.42 Å². The third-order valence-corrected chi connectivity index (χ3v) is 6.13. The third-order valence-electron chi connectivity index (χ3n) is 5.01. The summed E-state index contributed by atoms with van der Waals surface area (Å²) in [4.78, 5) is 12.8. The lowest BCUT2D eigenvalue weighted by Crippen LogP contribution is -2.41. The predicted molar refractivity (Wildman–Crippen MR) is 115 cm³/mol. The Hall–Kier alpha value is -2.34. The molecule has 152 valence electrons. The van der Waals surface area contributed by atoms with Crippen LogP contribution in [-0.2, 0) is 21.2 Å². The molecule has 2 rings (SSSR count). The van der Waals surface area contributed by atoms with Gasteiger partial charge in [-0.05, 0) is 55.0 Å². The zero-order valence-electron chi connectivity index (χ0n) is 17.3. The molecule has 0 aliphatic heterocycles. The summed E-state index contributed by atoms with van der Waals surface area (Å²) in [6.45, 7) is 7.82. The van der Waals surface area contributed by atoms with Crippen LogP contribution in [0.2, 0.25) is 0 Å². The van der Waals surface area contributed by atoms with E-state index in [2.05, 4.69) is 11.4 Å². The van der Waals surface area contributed by atoms with Crippen molar-refractivity contribution in [1.82, 2.24) is 5.32 Å². The van der Waals surface area contributed by atoms with Crippen LogP contribution < -0.4 is 9.62 Å². The number of hydrogen-bond acceptors (Lipinski definition) is 3. The second-order valence-electron chi connectivity index (χ2n) is 7.12. The number of para-hydroxylation sites is 1. The highest BCUT2D eigenvalue weighted by Gasteiger charge is 2.24. The van der Waals surface area contributed by atoms with Crippen LogP contribution in [0.25, 0.3) is 0 Å². The summed E-state index contributed by atoms with van der Waals surface area (Å²) in [6, 6.07) is 13.3. The fourth-order valence-corrected chi connectivity index (χ4v) is 4.09. The minimum atomic E-state index is -3.59. The number of nitrogens with one attached hydrogen (secondary N) is 1. The van der Waals surface area contributed by atoms with Crippen LogP contribution in [-0.4, -0.2) is 27.1 Å². The van der Waals surface area contributed by atoms with Crippen LogP contribution in [0.4, 0.5) is 5.69 Å². The molecule has 0 radical (unpaired) electrons. The molecule has 0 heterocycles. The van der Waals surface area contributed by atoms with E-state index in [-0.39, 0.29) is 18.5 Å². The summed E-state index contributed by atoms with van der Waals surface area (Å²) in [6.07, 6.45) is 2.54. The summed E-state index contributed by atoms with van der Waals surface area (Å²) in [5, 5.41) is 2.99. The number of sulfonamides is 1. The number of rotatable bonds is 8. The van der Waals surface area contributed by atoms with Crippen LogP contribution >= 0.6 is 0 Å². The largest absolute Gasteiger partial charge is 0.348 e. The van der Waals surface area contributed by atoms with Gasteiger partial charge in [0.2, 0.25) is 15.9 Å². The number of hydrogen-bond donors (Lipinski definition) is 1. The highest BCUT2D eigenvalue weighted by atomic mass is 32.2. The molecule has 1 N–H and O–H groups in total. The van der Waals surface area contributed by atoms with Gasteiger partial charge in [0.1, 0.15) is 6.54 Å². The predicted octanol–water partition coefficient (Wildman–Crippen LogP) is 3.90. The summed E-state index contributed by atoms with van der Waals surface area (Å²) < 4.78 is 26.0. The molecule has 0 bridgehead atoms. The van der Waals surface area contributed by atoms with E-state index < -0.39 is 10.0 Å². The van der Waals surface area contributed by atoms with Gasteiger partial charge in [0.05, 0.1) is 18.0 Å². The van der Waals surface area contributed by atoms with Crippen LogP contribution in [0.15, 0.2) is 42.5 Å². The second-order valence-corrected chi connectivity index (χ2v) is 9.03.